The third-order valence-corrected chi connectivity index (χ3v) is 4.26. The molecule has 132 valence electrons. The Morgan fingerprint density at radius 3 is 2.36 bits per heavy atom. The Labute approximate surface area is 145 Å². The second-order valence-electron chi connectivity index (χ2n) is 5.97. The van der Waals surface area contributed by atoms with Gasteiger partial charge in [-0.25, -0.2) is 4.39 Å². The number of amides is 2. The molecule has 1 aliphatic heterocycles. The topological polar surface area (TPSA) is 70.4 Å². The first-order chi connectivity index (χ1) is 12.1. The molecule has 1 fully saturated rings. The van der Waals surface area contributed by atoms with Crippen LogP contribution in [0.4, 0.5) is 4.39 Å². The van der Waals surface area contributed by atoms with Gasteiger partial charge in [0.1, 0.15) is 12.4 Å². The third-order valence-electron chi connectivity index (χ3n) is 4.26. The quantitative estimate of drug-likeness (QED) is 0.855. The number of hydrogen-bond donors (Lipinski definition) is 1. The molecule has 0 aliphatic carbocycles. The van der Waals surface area contributed by atoms with Gasteiger partial charge < -0.3 is 19.5 Å². The standard InChI is InChI=1S/C18H20FN3O3/c19-15-5-3-14(4-6-15)12-20-13-17(23)21-7-9-22(10-8-21)18(24)16-2-1-11-25-16/h1-6,11,20H,7-10,12-13H2/p+1. The van der Waals surface area contributed by atoms with Crippen molar-refractivity contribution in [2.45, 2.75) is 6.54 Å². The number of quaternary nitrogens is 1. The van der Waals surface area contributed by atoms with Gasteiger partial charge in [0.25, 0.3) is 11.8 Å². The van der Waals surface area contributed by atoms with Crippen molar-refractivity contribution in [3.05, 3.63) is 59.8 Å². The van der Waals surface area contributed by atoms with Gasteiger partial charge in [-0.3, -0.25) is 9.59 Å². The van der Waals surface area contributed by atoms with Gasteiger partial charge in [-0.2, -0.15) is 0 Å². The minimum atomic E-state index is -0.262. The Hall–Kier alpha value is -2.67. The molecule has 0 unspecified atom stereocenters. The lowest BCUT2D eigenvalue weighted by atomic mass is 10.2. The zero-order chi connectivity index (χ0) is 17.6. The molecule has 0 saturated carbocycles. The summed E-state index contributed by atoms with van der Waals surface area (Å²) in [6, 6.07) is 9.60. The molecule has 6 nitrogen and oxygen atoms in total. The average molecular weight is 346 g/mol. The van der Waals surface area contributed by atoms with Gasteiger partial charge in [0.05, 0.1) is 6.26 Å². The first-order valence-corrected chi connectivity index (χ1v) is 8.30. The van der Waals surface area contributed by atoms with E-state index in [9.17, 15) is 14.0 Å². The molecule has 25 heavy (non-hydrogen) atoms. The van der Waals surface area contributed by atoms with E-state index in [-0.39, 0.29) is 17.6 Å². The smallest absolute Gasteiger partial charge is 0.289 e. The number of carbonyl (C=O) groups excluding carboxylic acids is 2. The lowest BCUT2D eigenvalue weighted by Gasteiger charge is -2.33. The zero-order valence-electron chi connectivity index (χ0n) is 13.9. The molecule has 1 aromatic carbocycles. The van der Waals surface area contributed by atoms with Crippen LogP contribution in [0.1, 0.15) is 16.1 Å². The predicted molar refractivity (Wildman–Crippen MR) is 88.1 cm³/mol. The van der Waals surface area contributed by atoms with E-state index in [1.807, 2.05) is 5.32 Å². The maximum atomic E-state index is 12.9. The molecule has 0 atom stereocenters. The number of furan rings is 1. The molecule has 2 heterocycles. The largest absolute Gasteiger partial charge is 0.459 e. The molecule has 7 heteroatoms. The summed E-state index contributed by atoms with van der Waals surface area (Å²) in [5, 5.41) is 1.90. The Morgan fingerprint density at radius 1 is 1.04 bits per heavy atom. The fourth-order valence-corrected chi connectivity index (χ4v) is 2.83. The van der Waals surface area contributed by atoms with Crippen LogP contribution >= 0.6 is 0 Å². The van der Waals surface area contributed by atoms with E-state index in [2.05, 4.69) is 0 Å². The highest BCUT2D eigenvalue weighted by atomic mass is 19.1. The van der Waals surface area contributed by atoms with Crippen molar-refractivity contribution in [2.75, 3.05) is 32.7 Å². The van der Waals surface area contributed by atoms with Gasteiger partial charge >= 0.3 is 0 Å². The highest BCUT2D eigenvalue weighted by molar-refractivity contribution is 5.91. The molecule has 1 saturated heterocycles. The van der Waals surface area contributed by atoms with Crippen LogP contribution < -0.4 is 5.32 Å². The first kappa shape index (κ1) is 17.2. The minimum Gasteiger partial charge on any atom is -0.459 e. The Balaban J connectivity index is 1.41. The van der Waals surface area contributed by atoms with Crippen LogP contribution in [0.5, 0.6) is 0 Å². The number of benzene rings is 1. The second kappa shape index (κ2) is 7.94. The number of nitrogens with zero attached hydrogens (tertiary/aromatic N) is 2. The summed E-state index contributed by atoms with van der Waals surface area (Å²) < 4.78 is 18.0. The van der Waals surface area contributed by atoms with E-state index in [1.165, 1.54) is 18.4 Å². The Morgan fingerprint density at radius 2 is 1.72 bits per heavy atom. The molecule has 3 rings (SSSR count). The maximum absolute atomic E-state index is 12.9. The number of rotatable bonds is 5. The fraction of sp³-hybridized carbons (Fsp3) is 0.333. The highest BCUT2D eigenvalue weighted by Crippen LogP contribution is 2.09. The predicted octanol–water partition coefficient (Wildman–Crippen LogP) is 0.467. The Kier molecular flexibility index (Phi) is 5.45. The van der Waals surface area contributed by atoms with Gasteiger partial charge in [-0.1, -0.05) is 12.1 Å². The molecular formula is C18H21FN3O3+. The van der Waals surface area contributed by atoms with Crippen LogP contribution in [-0.2, 0) is 11.3 Å². The molecule has 2 N–H and O–H groups in total. The molecule has 1 aliphatic rings. The van der Waals surface area contributed by atoms with E-state index in [0.717, 1.165) is 5.56 Å². The molecule has 0 radical (unpaired) electrons. The van der Waals surface area contributed by atoms with Crippen molar-refractivity contribution in [1.29, 1.82) is 0 Å². The molecule has 0 spiro atoms. The summed E-state index contributed by atoms with van der Waals surface area (Å²) in [6.07, 6.45) is 1.48. The van der Waals surface area contributed by atoms with Crippen LogP contribution in [-0.4, -0.2) is 54.3 Å². The fourth-order valence-electron chi connectivity index (χ4n) is 2.83. The monoisotopic (exact) mass is 346 g/mol. The lowest BCUT2D eigenvalue weighted by molar-refractivity contribution is -0.660. The van der Waals surface area contributed by atoms with Crippen molar-refractivity contribution in [3.8, 4) is 0 Å². The van der Waals surface area contributed by atoms with E-state index in [4.69, 9.17) is 4.42 Å². The van der Waals surface area contributed by atoms with Crippen molar-refractivity contribution < 1.29 is 23.7 Å². The summed E-state index contributed by atoms with van der Waals surface area (Å²) in [4.78, 5) is 27.9. The zero-order valence-corrected chi connectivity index (χ0v) is 13.9. The van der Waals surface area contributed by atoms with Crippen LogP contribution in [0.15, 0.2) is 47.1 Å². The van der Waals surface area contributed by atoms with Crippen LogP contribution in [0.2, 0.25) is 0 Å². The van der Waals surface area contributed by atoms with Gasteiger partial charge in [-0.15, -0.1) is 0 Å². The van der Waals surface area contributed by atoms with Crippen LogP contribution in [0, 0.1) is 5.82 Å². The summed E-state index contributed by atoms with van der Waals surface area (Å²) >= 11 is 0. The summed E-state index contributed by atoms with van der Waals surface area (Å²) in [5.41, 5.74) is 0.975. The molecule has 2 aromatic rings. The Bertz CT molecular complexity index is 708. The van der Waals surface area contributed by atoms with E-state index in [0.29, 0.717) is 45.0 Å². The van der Waals surface area contributed by atoms with Gasteiger partial charge in [0.15, 0.2) is 12.3 Å². The minimum absolute atomic E-state index is 0.0483. The van der Waals surface area contributed by atoms with Crippen molar-refractivity contribution in [1.82, 2.24) is 9.80 Å². The molecule has 0 bridgehead atoms. The molecule has 1 aromatic heterocycles. The molecular weight excluding hydrogens is 325 g/mol. The number of piperazine rings is 1. The van der Waals surface area contributed by atoms with E-state index in [1.54, 1.807) is 34.1 Å². The van der Waals surface area contributed by atoms with Crippen molar-refractivity contribution >= 4 is 11.8 Å². The summed E-state index contributed by atoms with van der Waals surface area (Å²) in [7, 11) is 0. The maximum Gasteiger partial charge on any atom is 0.289 e. The normalized spacial score (nSPS) is 14.6. The SMILES string of the molecule is O=C(C[NH2+]Cc1ccc(F)cc1)N1CCN(C(=O)c2ccco2)CC1. The number of nitrogens with two attached hydrogens (primary N) is 1. The van der Waals surface area contributed by atoms with E-state index >= 15 is 0 Å². The van der Waals surface area contributed by atoms with Gasteiger partial charge in [0.2, 0.25) is 0 Å². The van der Waals surface area contributed by atoms with Crippen LogP contribution in [0.3, 0.4) is 0 Å². The lowest BCUT2D eigenvalue weighted by Crippen LogP contribution is -2.85. The first-order valence-electron chi connectivity index (χ1n) is 8.30. The second-order valence-corrected chi connectivity index (χ2v) is 5.97. The average Bonchev–Trinajstić information content (AvgIpc) is 3.17. The highest BCUT2D eigenvalue weighted by Gasteiger charge is 2.26. The summed E-state index contributed by atoms with van der Waals surface area (Å²) in [5.74, 6) is -0.0265. The van der Waals surface area contributed by atoms with Gasteiger partial charge in [-0.05, 0) is 24.3 Å². The van der Waals surface area contributed by atoms with Gasteiger partial charge in [0, 0.05) is 31.7 Å². The number of carbonyl (C=O) groups is 2. The van der Waals surface area contributed by atoms with E-state index < -0.39 is 0 Å². The number of halogens is 1. The van der Waals surface area contributed by atoms with Crippen LogP contribution in [0.25, 0.3) is 0 Å². The summed E-state index contributed by atoms with van der Waals surface area (Å²) in [6.45, 7) is 3.02. The molecule has 2 amide bonds. The number of hydrogen-bond acceptors (Lipinski definition) is 3. The third kappa shape index (κ3) is 4.45. The van der Waals surface area contributed by atoms with Crippen molar-refractivity contribution in [2.24, 2.45) is 0 Å². The van der Waals surface area contributed by atoms with Crippen molar-refractivity contribution in [3.63, 3.8) is 0 Å².